The number of carboxylic acid groups (broad SMARTS) is 1. The fourth-order valence-corrected chi connectivity index (χ4v) is 5.70. The SMILES string of the molecule is CC(N[P@@](=O)(Oc1cccc2ccccc12)OC(C(F)F)[C@H]1O[C@@H](n2cc(F)c(=O)[nH]c2=O)C[C@@H]1O)C(=O)O. The van der Waals surface area contributed by atoms with Crippen molar-refractivity contribution in [1.29, 1.82) is 0 Å². The van der Waals surface area contributed by atoms with E-state index in [1.54, 1.807) is 35.3 Å². The molecule has 0 spiro atoms. The van der Waals surface area contributed by atoms with E-state index in [4.69, 9.17) is 13.8 Å². The molecule has 0 aliphatic carbocycles. The second-order valence-corrected chi connectivity index (χ2v) is 10.3. The lowest BCUT2D eigenvalue weighted by atomic mass is 10.1. The van der Waals surface area contributed by atoms with Crippen molar-refractivity contribution in [3.05, 3.63) is 75.3 Å². The van der Waals surface area contributed by atoms with E-state index < -0.39 is 74.2 Å². The molecule has 1 aromatic heterocycles. The summed E-state index contributed by atoms with van der Waals surface area (Å²) in [4.78, 5) is 36.5. The van der Waals surface area contributed by atoms with Gasteiger partial charge >= 0.3 is 19.4 Å². The van der Waals surface area contributed by atoms with Crippen molar-refractivity contribution in [3.63, 3.8) is 0 Å². The number of hydrogen-bond donors (Lipinski definition) is 4. The Balaban J connectivity index is 1.66. The molecule has 0 amide bonds. The zero-order valence-electron chi connectivity index (χ0n) is 20.1. The molecule has 0 bridgehead atoms. The minimum Gasteiger partial charge on any atom is -0.480 e. The molecule has 1 saturated heterocycles. The minimum absolute atomic E-state index is 0.0735. The first-order chi connectivity index (χ1) is 18.4. The molecule has 2 unspecified atom stereocenters. The summed E-state index contributed by atoms with van der Waals surface area (Å²) >= 11 is 0. The fraction of sp³-hybridized carbons (Fsp3) is 0.348. The summed E-state index contributed by atoms with van der Waals surface area (Å²) in [5.41, 5.74) is -2.44. The van der Waals surface area contributed by atoms with Crippen molar-refractivity contribution < 1.29 is 46.5 Å². The van der Waals surface area contributed by atoms with E-state index in [0.717, 1.165) is 6.92 Å². The van der Waals surface area contributed by atoms with Gasteiger partial charge in [-0.1, -0.05) is 36.4 Å². The summed E-state index contributed by atoms with van der Waals surface area (Å²) in [6.45, 7) is 1.08. The number of aromatic amines is 1. The second-order valence-electron chi connectivity index (χ2n) is 8.66. The smallest absolute Gasteiger partial charge is 0.460 e. The average molecular weight is 573 g/mol. The van der Waals surface area contributed by atoms with Crippen LogP contribution in [-0.2, 0) is 18.6 Å². The monoisotopic (exact) mass is 573 g/mol. The van der Waals surface area contributed by atoms with E-state index in [0.29, 0.717) is 21.5 Å². The molecule has 3 aromatic rings. The van der Waals surface area contributed by atoms with E-state index in [1.165, 1.54) is 12.1 Å². The largest absolute Gasteiger partial charge is 0.480 e. The maximum absolute atomic E-state index is 14.3. The van der Waals surface area contributed by atoms with Gasteiger partial charge in [-0.15, -0.1) is 0 Å². The number of aliphatic carboxylic acids is 1. The van der Waals surface area contributed by atoms with Crippen molar-refractivity contribution in [1.82, 2.24) is 14.6 Å². The van der Waals surface area contributed by atoms with Crippen LogP contribution in [0.2, 0.25) is 0 Å². The van der Waals surface area contributed by atoms with Crippen molar-refractivity contribution in [3.8, 4) is 5.75 Å². The Bertz CT molecular complexity index is 1530. The summed E-state index contributed by atoms with van der Waals surface area (Å²) < 4.78 is 72.7. The zero-order valence-corrected chi connectivity index (χ0v) is 21.0. The predicted molar refractivity (Wildman–Crippen MR) is 129 cm³/mol. The number of carbonyl (C=O) groups is 1. The fourth-order valence-electron chi connectivity index (χ4n) is 4.00. The summed E-state index contributed by atoms with van der Waals surface area (Å²) in [6, 6.07) is 9.67. The Kier molecular flexibility index (Phi) is 8.28. The van der Waals surface area contributed by atoms with E-state index in [2.05, 4.69) is 5.09 Å². The van der Waals surface area contributed by atoms with Crippen LogP contribution >= 0.6 is 7.75 Å². The van der Waals surface area contributed by atoms with Crippen LogP contribution in [0.15, 0.2) is 58.3 Å². The van der Waals surface area contributed by atoms with Crippen LogP contribution in [-0.4, -0.2) is 56.5 Å². The number of alkyl halides is 2. The number of rotatable bonds is 10. The van der Waals surface area contributed by atoms with Gasteiger partial charge in [0.25, 0.3) is 12.0 Å². The predicted octanol–water partition coefficient (Wildman–Crippen LogP) is 2.38. The first-order valence-electron chi connectivity index (χ1n) is 11.5. The van der Waals surface area contributed by atoms with Crippen LogP contribution in [0.3, 0.4) is 0 Å². The van der Waals surface area contributed by atoms with Crippen LogP contribution in [0.1, 0.15) is 19.6 Å². The first kappa shape index (κ1) is 28.5. The number of ether oxygens (including phenoxy) is 1. The van der Waals surface area contributed by atoms with Crippen molar-refractivity contribution in [2.24, 2.45) is 0 Å². The molecule has 2 aromatic carbocycles. The highest BCUT2D eigenvalue weighted by Gasteiger charge is 2.49. The van der Waals surface area contributed by atoms with Gasteiger partial charge in [-0.2, -0.15) is 9.48 Å². The Morgan fingerprint density at radius 2 is 1.92 bits per heavy atom. The Morgan fingerprint density at radius 3 is 2.62 bits per heavy atom. The van der Waals surface area contributed by atoms with E-state index in [1.807, 2.05) is 0 Å². The van der Waals surface area contributed by atoms with E-state index in [-0.39, 0.29) is 5.75 Å². The summed E-state index contributed by atoms with van der Waals surface area (Å²) in [5.74, 6) is -2.93. The number of aromatic nitrogens is 2. The number of H-pyrrole nitrogens is 1. The Hall–Kier alpha value is -3.49. The highest BCUT2D eigenvalue weighted by molar-refractivity contribution is 7.52. The number of hydrogen-bond acceptors (Lipinski definition) is 8. The third-order valence-electron chi connectivity index (χ3n) is 5.89. The van der Waals surface area contributed by atoms with Crippen LogP contribution in [0.4, 0.5) is 13.2 Å². The van der Waals surface area contributed by atoms with Crippen LogP contribution in [0.25, 0.3) is 10.8 Å². The first-order valence-corrected chi connectivity index (χ1v) is 13.0. The quantitative estimate of drug-likeness (QED) is 0.264. The highest BCUT2D eigenvalue weighted by Crippen LogP contribution is 2.50. The standard InChI is InChI=1S/C23H23F3N3O9P/c1-11(22(32)33)28-39(35,37-16-8-4-6-12-5-2-3-7-13(12)16)38-19(20(25)26)18-15(30)9-17(36-18)29-10-14(24)21(31)27-23(29)34/h2-8,10-11,15,17-20,30H,9H2,1H3,(H,28,35)(H,32,33)(H,27,31,34)/t11?,15-,17+,18-,19?,39+/m0/s1. The van der Waals surface area contributed by atoms with Gasteiger partial charge in [0, 0.05) is 11.8 Å². The van der Waals surface area contributed by atoms with Crippen LogP contribution < -0.4 is 20.9 Å². The van der Waals surface area contributed by atoms with Crippen LogP contribution in [0, 0.1) is 5.82 Å². The minimum atomic E-state index is -4.94. The molecule has 210 valence electrons. The number of aliphatic hydroxyl groups excluding tert-OH is 1. The lowest BCUT2D eigenvalue weighted by Crippen LogP contribution is -2.43. The topological polar surface area (TPSA) is 169 Å². The number of benzene rings is 2. The van der Waals surface area contributed by atoms with Gasteiger partial charge in [-0.05, 0) is 18.4 Å². The number of nitrogens with one attached hydrogen (secondary N) is 2. The molecule has 4 rings (SSSR count). The third-order valence-corrected chi connectivity index (χ3v) is 7.56. The molecule has 12 nitrogen and oxygen atoms in total. The number of nitrogens with zero attached hydrogens (tertiary/aromatic N) is 1. The van der Waals surface area contributed by atoms with Gasteiger partial charge in [0.05, 0.1) is 12.3 Å². The van der Waals surface area contributed by atoms with E-state index in [9.17, 15) is 42.3 Å². The molecular formula is C23H23F3N3O9P. The highest BCUT2D eigenvalue weighted by atomic mass is 31.2. The van der Waals surface area contributed by atoms with E-state index >= 15 is 0 Å². The zero-order chi connectivity index (χ0) is 28.5. The normalized spacial score (nSPS) is 22.5. The molecule has 2 heterocycles. The Labute approximate surface area is 217 Å². The molecule has 0 saturated carbocycles. The molecule has 16 heteroatoms. The number of aliphatic hydroxyl groups is 1. The van der Waals surface area contributed by atoms with Gasteiger partial charge in [0.2, 0.25) is 5.82 Å². The second kappa shape index (κ2) is 11.3. The number of halogens is 3. The summed E-state index contributed by atoms with van der Waals surface area (Å²) in [5, 5.41) is 22.9. The molecule has 4 N–H and O–H groups in total. The third kappa shape index (κ3) is 6.23. The average Bonchev–Trinajstić information content (AvgIpc) is 3.25. The van der Waals surface area contributed by atoms with Crippen molar-refractivity contribution in [2.45, 2.75) is 50.4 Å². The number of carboxylic acids is 1. The molecule has 6 atom stereocenters. The van der Waals surface area contributed by atoms with Gasteiger partial charge < -0.3 is 19.5 Å². The Morgan fingerprint density at radius 1 is 1.23 bits per heavy atom. The maximum atomic E-state index is 14.3. The molecule has 1 aliphatic rings. The molecule has 39 heavy (non-hydrogen) atoms. The summed E-state index contributed by atoms with van der Waals surface area (Å²) in [7, 11) is -4.94. The van der Waals surface area contributed by atoms with Gasteiger partial charge in [-0.3, -0.25) is 23.7 Å². The van der Waals surface area contributed by atoms with Crippen molar-refractivity contribution >= 4 is 24.5 Å². The molecule has 1 aliphatic heterocycles. The molecule has 1 fully saturated rings. The molecule has 0 radical (unpaired) electrons. The van der Waals surface area contributed by atoms with Gasteiger partial charge in [0.15, 0.2) is 6.10 Å². The maximum Gasteiger partial charge on any atom is 0.460 e. The van der Waals surface area contributed by atoms with Crippen LogP contribution in [0.5, 0.6) is 5.75 Å². The van der Waals surface area contributed by atoms with Gasteiger partial charge in [-0.25, -0.2) is 18.1 Å². The lowest BCUT2D eigenvalue weighted by molar-refractivity contribution is -0.139. The molecular weight excluding hydrogens is 550 g/mol. The van der Waals surface area contributed by atoms with Crippen molar-refractivity contribution in [2.75, 3.05) is 0 Å². The lowest BCUT2D eigenvalue weighted by Gasteiger charge is -2.30. The van der Waals surface area contributed by atoms with Gasteiger partial charge in [0.1, 0.15) is 24.1 Å². The number of fused-ring (bicyclic) bond motifs is 1. The summed E-state index contributed by atoms with van der Waals surface area (Å²) in [6.07, 6.45) is -11.1.